The van der Waals surface area contributed by atoms with Gasteiger partial charge < -0.3 is 20.1 Å². The molecule has 1 heterocycles. The number of aliphatic hydroxyl groups is 1. The van der Waals surface area contributed by atoms with Crippen molar-refractivity contribution in [3.8, 4) is 0 Å². The molecule has 26 heavy (non-hydrogen) atoms. The summed E-state index contributed by atoms with van der Waals surface area (Å²) in [5.74, 6) is -1.09. The molecule has 142 valence electrons. The van der Waals surface area contributed by atoms with Gasteiger partial charge in [-0.3, -0.25) is 4.79 Å². The number of anilines is 2. The Hall–Kier alpha value is -2.08. The van der Waals surface area contributed by atoms with E-state index in [2.05, 4.69) is 10.2 Å². The summed E-state index contributed by atoms with van der Waals surface area (Å²) in [5.41, 5.74) is 0.408. The third kappa shape index (κ3) is 4.75. The van der Waals surface area contributed by atoms with E-state index in [9.17, 15) is 14.7 Å². The number of hydrogen-bond acceptors (Lipinski definition) is 5. The molecular weight excluding hydrogens is 332 g/mol. The van der Waals surface area contributed by atoms with Gasteiger partial charge in [-0.2, -0.15) is 0 Å². The summed E-state index contributed by atoms with van der Waals surface area (Å²) >= 11 is 0. The molecule has 1 saturated heterocycles. The maximum Gasteiger partial charge on any atom is 0.338 e. The summed E-state index contributed by atoms with van der Waals surface area (Å²) in [4.78, 5) is 26.4. The van der Waals surface area contributed by atoms with Crippen LogP contribution in [-0.4, -0.2) is 42.3 Å². The highest BCUT2D eigenvalue weighted by Crippen LogP contribution is 2.29. The quantitative estimate of drug-likeness (QED) is 0.790. The van der Waals surface area contributed by atoms with Crippen LogP contribution in [0.4, 0.5) is 11.4 Å². The zero-order valence-corrected chi connectivity index (χ0v) is 15.2. The minimum Gasteiger partial charge on any atom is -0.453 e. The number of ether oxygens (including phenoxy) is 1. The van der Waals surface area contributed by atoms with Crippen LogP contribution in [0, 0.1) is 0 Å². The molecule has 1 amide bonds. The van der Waals surface area contributed by atoms with Crippen LogP contribution in [0.2, 0.25) is 0 Å². The van der Waals surface area contributed by atoms with Crippen molar-refractivity contribution in [2.75, 3.05) is 29.9 Å². The molecule has 6 heteroatoms. The van der Waals surface area contributed by atoms with Crippen LogP contribution in [0.25, 0.3) is 0 Å². The molecule has 0 atom stereocenters. The summed E-state index contributed by atoms with van der Waals surface area (Å²) in [6.45, 7) is 1.77. The van der Waals surface area contributed by atoms with Crippen LogP contribution >= 0.6 is 0 Å². The van der Waals surface area contributed by atoms with Gasteiger partial charge in [0.05, 0.1) is 0 Å². The number of carbonyl (C=O) groups is 2. The predicted octanol–water partition coefficient (Wildman–Crippen LogP) is 2.85. The number of amides is 1. The van der Waals surface area contributed by atoms with Crippen molar-refractivity contribution in [2.45, 2.75) is 57.0 Å². The fraction of sp³-hybridized carbons (Fsp3) is 0.600. The minimum atomic E-state index is -1.42. The average molecular weight is 360 g/mol. The third-order valence-electron chi connectivity index (χ3n) is 5.27. The van der Waals surface area contributed by atoms with Crippen LogP contribution in [0.15, 0.2) is 24.3 Å². The van der Waals surface area contributed by atoms with Gasteiger partial charge in [0.2, 0.25) is 0 Å². The summed E-state index contributed by atoms with van der Waals surface area (Å²) in [6, 6.07) is 7.71. The van der Waals surface area contributed by atoms with Gasteiger partial charge in [-0.05, 0) is 69.2 Å². The number of nitrogens with zero attached hydrogens (tertiary/aromatic N) is 1. The van der Waals surface area contributed by atoms with Gasteiger partial charge in [0.15, 0.2) is 12.2 Å². The normalized spacial score (nSPS) is 19.7. The summed E-state index contributed by atoms with van der Waals surface area (Å²) in [6.07, 6.45) is 7.17. The van der Waals surface area contributed by atoms with E-state index in [0.29, 0.717) is 18.5 Å². The lowest BCUT2D eigenvalue weighted by atomic mass is 9.85. The molecule has 0 radical (unpaired) electrons. The second kappa shape index (κ2) is 8.54. The smallest absolute Gasteiger partial charge is 0.338 e. The Morgan fingerprint density at radius 3 is 2.27 bits per heavy atom. The molecule has 2 N–H and O–H groups in total. The van der Waals surface area contributed by atoms with Crippen LogP contribution in [0.5, 0.6) is 0 Å². The van der Waals surface area contributed by atoms with Crippen LogP contribution in [0.1, 0.15) is 51.4 Å². The lowest BCUT2D eigenvalue weighted by Gasteiger charge is -2.29. The van der Waals surface area contributed by atoms with Crippen molar-refractivity contribution in [1.29, 1.82) is 0 Å². The molecule has 3 rings (SSSR count). The molecule has 0 unspecified atom stereocenters. The fourth-order valence-corrected chi connectivity index (χ4v) is 3.71. The molecule has 0 spiro atoms. The fourth-order valence-electron chi connectivity index (χ4n) is 3.71. The van der Waals surface area contributed by atoms with E-state index in [-0.39, 0.29) is 6.61 Å². The largest absolute Gasteiger partial charge is 0.453 e. The van der Waals surface area contributed by atoms with Gasteiger partial charge in [-0.1, -0.05) is 6.42 Å². The number of rotatable bonds is 5. The van der Waals surface area contributed by atoms with E-state index < -0.39 is 17.5 Å². The van der Waals surface area contributed by atoms with E-state index >= 15 is 0 Å². The van der Waals surface area contributed by atoms with E-state index in [0.717, 1.165) is 38.0 Å². The highest BCUT2D eigenvalue weighted by Gasteiger charge is 2.38. The van der Waals surface area contributed by atoms with Crippen molar-refractivity contribution in [3.05, 3.63) is 24.3 Å². The van der Waals surface area contributed by atoms with Crippen molar-refractivity contribution < 1.29 is 19.4 Å². The Bertz CT molecular complexity index is 617. The second-order valence-corrected chi connectivity index (χ2v) is 7.31. The number of nitrogens with one attached hydrogen (secondary N) is 1. The highest BCUT2D eigenvalue weighted by molar-refractivity contribution is 5.93. The lowest BCUT2D eigenvalue weighted by molar-refractivity contribution is -0.170. The van der Waals surface area contributed by atoms with Gasteiger partial charge in [0, 0.05) is 24.5 Å². The lowest BCUT2D eigenvalue weighted by Crippen LogP contribution is -2.42. The Balaban J connectivity index is 1.46. The van der Waals surface area contributed by atoms with Crippen molar-refractivity contribution in [1.82, 2.24) is 0 Å². The zero-order chi connectivity index (χ0) is 18.4. The molecule has 1 aliphatic carbocycles. The molecule has 1 aromatic rings. The van der Waals surface area contributed by atoms with E-state index in [1.54, 1.807) is 0 Å². The van der Waals surface area contributed by atoms with Crippen molar-refractivity contribution in [2.24, 2.45) is 0 Å². The molecule has 0 bridgehead atoms. The van der Waals surface area contributed by atoms with E-state index in [4.69, 9.17) is 4.74 Å². The summed E-state index contributed by atoms with van der Waals surface area (Å²) in [5, 5.41) is 13.0. The molecule has 0 aromatic heterocycles. The first kappa shape index (κ1) is 18.7. The minimum absolute atomic E-state index is 0.380. The van der Waals surface area contributed by atoms with Crippen molar-refractivity contribution >= 4 is 23.3 Å². The average Bonchev–Trinajstić information content (AvgIpc) is 2.68. The predicted molar refractivity (Wildman–Crippen MR) is 100 cm³/mol. The number of benzene rings is 1. The first-order valence-corrected chi connectivity index (χ1v) is 9.61. The Morgan fingerprint density at radius 1 is 1.00 bits per heavy atom. The maximum absolute atomic E-state index is 12.0. The van der Waals surface area contributed by atoms with Gasteiger partial charge in [0.1, 0.15) is 0 Å². The number of hydrogen-bond donors (Lipinski definition) is 2. The molecule has 1 aromatic carbocycles. The third-order valence-corrected chi connectivity index (χ3v) is 5.27. The Morgan fingerprint density at radius 2 is 1.62 bits per heavy atom. The SMILES string of the molecule is O=C(COC(=O)C1(O)CCCCC1)Nc1ccc(N2CCCCC2)cc1. The van der Waals surface area contributed by atoms with Crippen LogP contribution in [-0.2, 0) is 14.3 Å². The zero-order valence-electron chi connectivity index (χ0n) is 15.2. The summed E-state index contributed by atoms with van der Waals surface area (Å²) in [7, 11) is 0. The van der Waals surface area contributed by atoms with Gasteiger partial charge in [-0.15, -0.1) is 0 Å². The standard InChI is InChI=1S/C20H28N2O4/c23-18(15-26-19(24)20(25)11-3-1-4-12-20)21-16-7-9-17(10-8-16)22-13-5-2-6-14-22/h7-10,25H,1-6,11-15H2,(H,21,23). The monoisotopic (exact) mass is 360 g/mol. The number of carbonyl (C=O) groups excluding carboxylic acids is 2. The Kier molecular flexibility index (Phi) is 6.14. The summed E-state index contributed by atoms with van der Waals surface area (Å²) < 4.78 is 5.03. The van der Waals surface area contributed by atoms with E-state index in [1.807, 2.05) is 24.3 Å². The maximum atomic E-state index is 12.0. The Labute approximate surface area is 154 Å². The number of piperidine rings is 1. The highest BCUT2D eigenvalue weighted by atomic mass is 16.6. The molecule has 1 saturated carbocycles. The topological polar surface area (TPSA) is 78.9 Å². The van der Waals surface area contributed by atoms with Gasteiger partial charge >= 0.3 is 5.97 Å². The first-order chi connectivity index (χ1) is 12.6. The van der Waals surface area contributed by atoms with Crippen molar-refractivity contribution in [3.63, 3.8) is 0 Å². The van der Waals surface area contributed by atoms with Gasteiger partial charge in [0.25, 0.3) is 5.91 Å². The second-order valence-electron chi connectivity index (χ2n) is 7.31. The van der Waals surface area contributed by atoms with Crippen LogP contribution in [0.3, 0.4) is 0 Å². The molecular formula is C20H28N2O4. The van der Waals surface area contributed by atoms with E-state index in [1.165, 1.54) is 19.3 Å². The van der Waals surface area contributed by atoms with Gasteiger partial charge in [-0.25, -0.2) is 4.79 Å². The molecule has 6 nitrogen and oxygen atoms in total. The molecule has 2 aliphatic rings. The first-order valence-electron chi connectivity index (χ1n) is 9.61. The van der Waals surface area contributed by atoms with Crippen LogP contribution < -0.4 is 10.2 Å². The molecule has 1 aliphatic heterocycles. The molecule has 2 fully saturated rings. The number of esters is 1.